The van der Waals surface area contributed by atoms with Crippen molar-refractivity contribution in [2.75, 3.05) is 5.73 Å². The average molecular weight is 176 g/mol. The first-order valence-corrected chi connectivity index (χ1v) is 4.37. The highest BCUT2D eigenvalue weighted by Crippen LogP contribution is 2.22. The van der Waals surface area contributed by atoms with Crippen molar-refractivity contribution in [1.29, 1.82) is 0 Å². The number of nitrogens with two attached hydrogens (primary N) is 2. The zero-order chi connectivity index (χ0) is 9.84. The highest BCUT2D eigenvalue weighted by molar-refractivity contribution is 5.50. The Labute approximate surface area is 79.2 Å². The van der Waals surface area contributed by atoms with E-state index in [4.69, 9.17) is 11.5 Å². The SMILES string of the molecule is C=CC[C@@H](N)c1ccc(C)cc1N. The zero-order valence-electron chi connectivity index (χ0n) is 7.96. The van der Waals surface area contributed by atoms with E-state index in [1.807, 2.05) is 31.2 Å². The van der Waals surface area contributed by atoms with Crippen molar-refractivity contribution in [3.8, 4) is 0 Å². The van der Waals surface area contributed by atoms with Gasteiger partial charge >= 0.3 is 0 Å². The molecule has 0 fully saturated rings. The molecule has 0 aliphatic carbocycles. The minimum atomic E-state index is -0.0295. The Morgan fingerprint density at radius 3 is 2.77 bits per heavy atom. The maximum atomic E-state index is 5.91. The fraction of sp³-hybridized carbons (Fsp3) is 0.273. The minimum absolute atomic E-state index is 0.0295. The van der Waals surface area contributed by atoms with Crippen molar-refractivity contribution in [1.82, 2.24) is 0 Å². The highest BCUT2D eigenvalue weighted by Gasteiger charge is 2.06. The molecule has 0 spiro atoms. The Morgan fingerprint density at radius 1 is 1.54 bits per heavy atom. The van der Waals surface area contributed by atoms with Crippen LogP contribution in [0.5, 0.6) is 0 Å². The number of aryl methyl sites for hydroxylation is 1. The number of anilines is 1. The largest absolute Gasteiger partial charge is 0.398 e. The van der Waals surface area contributed by atoms with Gasteiger partial charge in [-0.15, -0.1) is 6.58 Å². The molecular weight excluding hydrogens is 160 g/mol. The molecule has 70 valence electrons. The van der Waals surface area contributed by atoms with Gasteiger partial charge < -0.3 is 11.5 Å². The molecular formula is C11H16N2. The van der Waals surface area contributed by atoms with Crippen LogP contribution in [0.2, 0.25) is 0 Å². The first-order valence-electron chi connectivity index (χ1n) is 4.37. The van der Waals surface area contributed by atoms with Crippen molar-refractivity contribution in [3.63, 3.8) is 0 Å². The molecule has 1 aromatic rings. The van der Waals surface area contributed by atoms with Crippen LogP contribution in [0.15, 0.2) is 30.9 Å². The molecule has 1 rings (SSSR count). The Hall–Kier alpha value is -1.28. The van der Waals surface area contributed by atoms with Crippen molar-refractivity contribution in [2.45, 2.75) is 19.4 Å². The van der Waals surface area contributed by atoms with Gasteiger partial charge in [-0.25, -0.2) is 0 Å². The number of rotatable bonds is 3. The van der Waals surface area contributed by atoms with E-state index in [2.05, 4.69) is 6.58 Å². The van der Waals surface area contributed by atoms with E-state index >= 15 is 0 Å². The van der Waals surface area contributed by atoms with Gasteiger partial charge in [0, 0.05) is 11.7 Å². The predicted octanol–water partition coefficient (Wildman–Crippen LogP) is 2.15. The Kier molecular flexibility index (Phi) is 3.09. The number of hydrogen-bond donors (Lipinski definition) is 2. The highest BCUT2D eigenvalue weighted by atomic mass is 14.7. The third kappa shape index (κ3) is 2.33. The van der Waals surface area contributed by atoms with Gasteiger partial charge in [0.15, 0.2) is 0 Å². The summed E-state index contributed by atoms with van der Waals surface area (Å²) >= 11 is 0. The summed E-state index contributed by atoms with van der Waals surface area (Å²) in [7, 11) is 0. The molecule has 0 aromatic heterocycles. The summed E-state index contributed by atoms with van der Waals surface area (Å²) < 4.78 is 0. The van der Waals surface area contributed by atoms with E-state index in [1.54, 1.807) is 0 Å². The lowest BCUT2D eigenvalue weighted by Crippen LogP contribution is -2.11. The lowest BCUT2D eigenvalue weighted by molar-refractivity contribution is 0.744. The van der Waals surface area contributed by atoms with Gasteiger partial charge in [-0.2, -0.15) is 0 Å². The Morgan fingerprint density at radius 2 is 2.23 bits per heavy atom. The maximum absolute atomic E-state index is 5.91. The van der Waals surface area contributed by atoms with Gasteiger partial charge in [-0.05, 0) is 30.5 Å². The van der Waals surface area contributed by atoms with Crippen molar-refractivity contribution >= 4 is 5.69 Å². The summed E-state index contributed by atoms with van der Waals surface area (Å²) in [5.74, 6) is 0. The molecule has 4 N–H and O–H groups in total. The van der Waals surface area contributed by atoms with Crippen LogP contribution in [0.1, 0.15) is 23.6 Å². The fourth-order valence-electron chi connectivity index (χ4n) is 1.34. The van der Waals surface area contributed by atoms with Gasteiger partial charge in [0.2, 0.25) is 0 Å². The monoisotopic (exact) mass is 176 g/mol. The van der Waals surface area contributed by atoms with Crippen LogP contribution < -0.4 is 11.5 Å². The first-order chi connectivity index (χ1) is 6.15. The number of benzene rings is 1. The molecule has 0 saturated carbocycles. The van der Waals surface area contributed by atoms with E-state index in [-0.39, 0.29) is 6.04 Å². The van der Waals surface area contributed by atoms with E-state index in [9.17, 15) is 0 Å². The smallest absolute Gasteiger partial charge is 0.0365 e. The number of nitrogen functional groups attached to an aromatic ring is 1. The van der Waals surface area contributed by atoms with Crippen LogP contribution in [0, 0.1) is 6.92 Å². The van der Waals surface area contributed by atoms with Crippen LogP contribution in [-0.4, -0.2) is 0 Å². The van der Waals surface area contributed by atoms with E-state index < -0.39 is 0 Å². The molecule has 0 heterocycles. The molecule has 0 unspecified atom stereocenters. The molecule has 0 bridgehead atoms. The van der Waals surface area contributed by atoms with E-state index in [0.717, 1.165) is 23.2 Å². The van der Waals surface area contributed by atoms with Crippen LogP contribution in [0.3, 0.4) is 0 Å². The van der Waals surface area contributed by atoms with Crippen LogP contribution >= 0.6 is 0 Å². The van der Waals surface area contributed by atoms with Crippen LogP contribution in [-0.2, 0) is 0 Å². The summed E-state index contributed by atoms with van der Waals surface area (Å²) in [6.07, 6.45) is 2.57. The summed E-state index contributed by atoms with van der Waals surface area (Å²) in [5, 5.41) is 0. The quantitative estimate of drug-likeness (QED) is 0.547. The lowest BCUT2D eigenvalue weighted by atomic mass is 10.0. The van der Waals surface area contributed by atoms with Gasteiger partial charge in [-0.1, -0.05) is 18.2 Å². The Bertz CT molecular complexity index is 305. The zero-order valence-corrected chi connectivity index (χ0v) is 7.96. The first kappa shape index (κ1) is 9.81. The maximum Gasteiger partial charge on any atom is 0.0365 e. The Balaban J connectivity index is 2.94. The van der Waals surface area contributed by atoms with Gasteiger partial charge in [-0.3, -0.25) is 0 Å². The molecule has 0 aliphatic rings. The third-order valence-electron chi connectivity index (χ3n) is 2.06. The summed E-state index contributed by atoms with van der Waals surface area (Å²) in [6, 6.07) is 5.92. The third-order valence-corrected chi connectivity index (χ3v) is 2.06. The lowest BCUT2D eigenvalue weighted by Gasteiger charge is -2.12. The van der Waals surface area contributed by atoms with E-state index in [0.29, 0.717) is 0 Å². The molecule has 1 atom stereocenters. The second-order valence-corrected chi connectivity index (χ2v) is 3.26. The standard InChI is InChI=1S/C11H16N2/c1-3-4-10(12)9-6-5-8(2)7-11(9)13/h3,5-7,10H,1,4,12-13H2,2H3/t10-/m1/s1. The topological polar surface area (TPSA) is 52.0 Å². The van der Waals surface area contributed by atoms with Crippen LogP contribution in [0.25, 0.3) is 0 Å². The summed E-state index contributed by atoms with van der Waals surface area (Å²) in [5.41, 5.74) is 14.7. The summed E-state index contributed by atoms with van der Waals surface area (Å²) in [4.78, 5) is 0. The normalized spacial score (nSPS) is 12.5. The van der Waals surface area contributed by atoms with E-state index in [1.165, 1.54) is 0 Å². The second-order valence-electron chi connectivity index (χ2n) is 3.26. The van der Waals surface area contributed by atoms with Crippen molar-refractivity contribution in [2.24, 2.45) is 5.73 Å². The minimum Gasteiger partial charge on any atom is -0.398 e. The molecule has 0 radical (unpaired) electrons. The molecule has 2 heteroatoms. The molecule has 1 aromatic carbocycles. The molecule has 0 saturated heterocycles. The number of hydrogen-bond acceptors (Lipinski definition) is 2. The van der Waals surface area contributed by atoms with Gasteiger partial charge in [0.1, 0.15) is 0 Å². The van der Waals surface area contributed by atoms with Gasteiger partial charge in [0.05, 0.1) is 0 Å². The molecule has 0 aliphatic heterocycles. The predicted molar refractivity (Wildman–Crippen MR) is 57.3 cm³/mol. The second kappa shape index (κ2) is 4.10. The van der Waals surface area contributed by atoms with Crippen molar-refractivity contribution < 1.29 is 0 Å². The molecule has 13 heavy (non-hydrogen) atoms. The van der Waals surface area contributed by atoms with Crippen LogP contribution in [0.4, 0.5) is 5.69 Å². The fourth-order valence-corrected chi connectivity index (χ4v) is 1.34. The van der Waals surface area contributed by atoms with Gasteiger partial charge in [0.25, 0.3) is 0 Å². The average Bonchev–Trinajstić information content (AvgIpc) is 2.04. The summed E-state index contributed by atoms with van der Waals surface area (Å²) in [6.45, 7) is 5.67. The van der Waals surface area contributed by atoms with Crippen molar-refractivity contribution in [3.05, 3.63) is 42.0 Å². The molecule has 0 amide bonds. The molecule has 2 nitrogen and oxygen atoms in total.